The van der Waals surface area contributed by atoms with Crippen molar-refractivity contribution in [1.82, 2.24) is 15.1 Å². The number of amides is 2. The number of rotatable bonds is 3. The van der Waals surface area contributed by atoms with Crippen LogP contribution in [0.15, 0.2) is 24.3 Å². The summed E-state index contributed by atoms with van der Waals surface area (Å²) in [4.78, 5) is 28.1. The van der Waals surface area contributed by atoms with Gasteiger partial charge >= 0.3 is 0 Å². The number of carbonyl (C=O) groups excluding carboxylic acids is 2. The SMILES string of the molecule is O=C1CN(C(=O)C2CNCCO2)CCN1Cc1ccc(Cl)cc1. The maximum absolute atomic E-state index is 12.4. The Kier molecular flexibility index (Phi) is 5.15. The van der Waals surface area contributed by atoms with Gasteiger partial charge in [-0.3, -0.25) is 9.59 Å². The van der Waals surface area contributed by atoms with Crippen LogP contribution in [0.1, 0.15) is 5.56 Å². The third-order valence-corrected chi connectivity index (χ3v) is 4.37. The average Bonchev–Trinajstić information content (AvgIpc) is 2.59. The van der Waals surface area contributed by atoms with E-state index in [2.05, 4.69) is 5.32 Å². The lowest BCUT2D eigenvalue weighted by Crippen LogP contribution is -2.56. The number of hydrogen-bond donors (Lipinski definition) is 1. The summed E-state index contributed by atoms with van der Waals surface area (Å²) in [5, 5.41) is 3.81. The smallest absolute Gasteiger partial charge is 0.253 e. The second-order valence-corrected chi connectivity index (χ2v) is 6.20. The van der Waals surface area contributed by atoms with Gasteiger partial charge in [-0.15, -0.1) is 0 Å². The van der Waals surface area contributed by atoms with Crippen LogP contribution >= 0.6 is 11.6 Å². The maximum Gasteiger partial charge on any atom is 0.253 e. The summed E-state index contributed by atoms with van der Waals surface area (Å²) in [5.41, 5.74) is 1.03. The quantitative estimate of drug-likeness (QED) is 0.872. The molecule has 2 heterocycles. The van der Waals surface area contributed by atoms with Gasteiger partial charge in [0.15, 0.2) is 0 Å². The van der Waals surface area contributed by atoms with Crippen LogP contribution < -0.4 is 5.32 Å². The fourth-order valence-electron chi connectivity index (χ4n) is 2.80. The van der Waals surface area contributed by atoms with Crippen molar-refractivity contribution in [3.8, 4) is 0 Å². The molecule has 23 heavy (non-hydrogen) atoms. The molecule has 1 N–H and O–H groups in total. The minimum Gasteiger partial charge on any atom is -0.366 e. The van der Waals surface area contributed by atoms with E-state index < -0.39 is 6.10 Å². The molecule has 0 aliphatic carbocycles. The number of ether oxygens (including phenoxy) is 1. The van der Waals surface area contributed by atoms with Crippen LogP contribution in [0, 0.1) is 0 Å². The molecule has 2 aliphatic heterocycles. The van der Waals surface area contributed by atoms with Gasteiger partial charge in [-0.05, 0) is 17.7 Å². The fourth-order valence-corrected chi connectivity index (χ4v) is 2.93. The van der Waals surface area contributed by atoms with Crippen LogP contribution in [0.2, 0.25) is 5.02 Å². The van der Waals surface area contributed by atoms with Gasteiger partial charge in [-0.25, -0.2) is 0 Å². The van der Waals surface area contributed by atoms with E-state index in [1.807, 2.05) is 24.3 Å². The van der Waals surface area contributed by atoms with Crippen LogP contribution in [-0.4, -0.2) is 67.0 Å². The third kappa shape index (κ3) is 4.02. The van der Waals surface area contributed by atoms with E-state index in [1.165, 1.54) is 0 Å². The van der Waals surface area contributed by atoms with E-state index in [1.54, 1.807) is 9.80 Å². The van der Waals surface area contributed by atoms with Gasteiger partial charge in [-0.2, -0.15) is 0 Å². The molecule has 0 saturated carbocycles. The Morgan fingerprint density at radius 1 is 1.30 bits per heavy atom. The molecule has 2 aliphatic rings. The zero-order valence-electron chi connectivity index (χ0n) is 12.8. The summed E-state index contributed by atoms with van der Waals surface area (Å²) in [6, 6.07) is 7.45. The maximum atomic E-state index is 12.4. The molecule has 1 unspecified atom stereocenters. The van der Waals surface area contributed by atoms with Crippen LogP contribution in [0.5, 0.6) is 0 Å². The number of nitrogens with one attached hydrogen (secondary N) is 1. The summed E-state index contributed by atoms with van der Waals surface area (Å²) in [7, 11) is 0. The molecule has 1 atom stereocenters. The largest absolute Gasteiger partial charge is 0.366 e. The van der Waals surface area contributed by atoms with Crippen molar-refractivity contribution in [2.24, 2.45) is 0 Å². The topological polar surface area (TPSA) is 61.9 Å². The second-order valence-electron chi connectivity index (χ2n) is 5.77. The predicted molar refractivity (Wildman–Crippen MR) is 86.1 cm³/mol. The zero-order valence-corrected chi connectivity index (χ0v) is 13.6. The van der Waals surface area contributed by atoms with Crippen LogP contribution in [0.25, 0.3) is 0 Å². The molecule has 1 aromatic rings. The average molecular weight is 338 g/mol. The zero-order chi connectivity index (χ0) is 16.2. The molecule has 124 valence electrons. The van der Waals surface area contributed by atoms with Crippen LogP contribution in [-0.2, 0) is 20.9 Å². The van der Waals surface area contributed by atoms with E-state index in [0.717, 1.165) is 12.1 Å². The second kappa shape index (κ2) is 7.29. The first-order valence-electron chi connectivity index (χ1n) is 7.77. The molecular weight excluding hydrogens is 318 g/mol. The Balaban J connectivity index is 1.55. The van der Waals surface area contributed by atoms with E-state index in [9.17, 15) is 9.59 Å². The van der Waals surface area contributed by atoms with Crippen molar-refractivity contribution >= 4 is 23.4 Å². The lowest BCUT2D eigenvalue weighted by Gasteiger charge is -2.36. The van der Waals surface area contributed by atoms with Gasteiger partial charge in [0.25, 0.3) is 5.91 Å². The predicted octanol–water partition coefficient (Wildman–Crippen LogP) is 0.499. The Morgan fingerprint density at radius 2 is 2.09 bits per heavy atom. The highest BCUT2D eigenvalue weighted by molar-refractivity contribution is 6.30. The molecule has 6 nitrogen and oxygen atoms in total. The Hall–Kier alpha value is -1.63. The monoisotopic (exact) mass is 337 g/mol. The molecule has 2 fully saturated rings. The molecule has 2 saturated heterocycles. The van der Waals surface area contributed by atoms with Gasteiger partial charge in [0.05, 0.1) is 13.2 Å². The number of halogens is 1. The first kappa shape index (κ1) is 16.2. The molecule has 0 bridgehead atoms. The molecule has 0 spiro atoms. The van der Waals surface area contributed by atoms with E-state index in [4.69, 9.17) is 16.3 Å². The highest BCUT2D eigenvalue weighted by Gasteiger charge is 2.32. The fraction of sp³-hybridized carbons (Fsp3) is 0.500. The van der Waals surface area contributed by atoms with Crippen molar-refractivity contribution < 1.29 is 14.3 Å². The van der Waals surface area contributed by atoms with E-state index in [0.29, 0.717) is 37.8 Å². The number of benzene rings is 1. The first-order chi connectivity index (χ1) is 11.1. The van der Waals surface area contributed by atoms with E-state index >= 15 is 0 Å². The van der Waals surface area contributed by atoms with Gasteiger partial charge in [-0.1, -0.05) is 23.7 Å². The van der Waals surface area contributed by atoms with Crippen LogP contribution in [0.3, 0.4) is 0 Å². The van der Waals surface area contributed by atoms with Crippen molar-refractivity contribution in [1.29, 1.82) is 0 Å². The first-order valence-corrected chi connectivity index (χ1v) is 8.14. The summed E-state index contributed by atoms with van der Waals surface area (Å²) in [6.07, 6.45) is -0.473. The molecule has 2 amide bonds. The van der Waals surface area contributed by atoms with Gasteiger partial charge in [0.1, 0.15) is 6.10 Å². The van der Waals surface area contributed by atoms with E-state index in [-0.39, 0.29) is 18.4 Å². The van der Waals surface area contributed by atoms with Crippen molar-refractivity contribution in [2.75, 3.05) is 39.3 Å². The third-order valence-electron chi connectivity index (χ3n) is 4.12. The molecule has 0 aromatic heterocycles. The number of hydrogen-bond acceptors (Lipinski definition) is 4. The number of piperazine rings is 1. The van der Waals surface area contributed by atoms with Gasteiger partial charge in [0.2, 0.25) is 5.91 Å². The summed E-state index contributed by atoms with van der Waals surface area (Å²) in [5.74, 6) is -0.139. The van der Waals surface area contributed by atoms with Crippen molar-refractivity contribution in [2.45, 2.75) is 12.6 Å². The van der Waals surface area contributed by atoms with Crippen molar-refractivity contribution in [3.63, 3.8) is 0 Å². The number of morpholine rings is 1. The Bertz CT molecular complexity index is 572. The minimum atomic E-state index is -0.473. The molecule has 0 radical (unpaired) electrons. The lowest BCUT2D eigenvalue weighted by atomic mass is 10.2. The summed E-state index contributed by atoms with van der Waals surface area (Å²) < 4.78 is 5.47. The van der Waals surface area contributed by atoms with Gasteiger partial charge in [0, 0.05) is 37.7 Å². The Morgan fingerprint density at radius 3 is 2.74 bits per heavy atom. The highest BCUT2D eigenvalue weighted by atomic mass is 35.5. The molecule has 1 aromatic carbocycles. The Labute approximate surface area is 140 Å². The molecule has 3 rings (SSSR count). The number of carbonyl (C=O) groups is 2. The standard InChI is InChI=1S/C16H20ClN3O3/c17-13-3-1-12(2-4-13)10-19-6-7-20(11-15(19)21)16(22)14-9-18-5-8-23-14/h1-4,14,18H,5-11H2. The minimum absolute atomic E-state index is 0.0386. The lowest BCUT2D eigenvalue weighted by molar-refractivity contribution is -0.153. The van der Waals surface area contributed by atoms with Crippen molar-refractivity contribution in [3.05, 3.63) is 34.9 Å². The highest BCUT2D eigenvalue weighted by Crippen LogP contribution is 2.14. The number of nitrogens with zero attached hydrogens (tertiary/aromatic N) is 2. The summed E-state index contributed by atoms with van der Waals surface area (Å²) >= 11 is 5.87. The van der Waals surface area contributed by atoms with Gasteiger partial charge < -0.3 is 19.9 Å². The molecular formula is C16H20ClN3O3. The normalized spacial score (nSPS) is 22.3. The molecule has 7 heteroatoms. The summed E-state index contributed by atoms with van der Waals surface area (Å²) in [6.45, 7) is 3.54. The van der Waals surface area contributed by atoms with Crippen LogP contribution in [0.4, 0.5) is 0 Å².